The van der Waals surface area contributed by atoms with E-state index in [0.29, 0.717) is 28.1 Å². The fraction of sp³-hybridized carbons (Fsp3) is 0.250. The monoisotopic (exact) mass is 383 g/mol. The van der Waals surface area contributed by atoms with Crippen LogP contribution >= 0.6 is 0 Å². The van der Waals surface area contributed by atoms with E-state index in [1.807, 2.05) is 0 Å². The Kier molecular flexibility index (Phi) is 5.49. The molecule has 1 unspecified atom stereocenters. The SMILES string of the molecule is CCC(C(=O)Nc1ccc(OC)cc1OC)n1c(=O)[nH]c2ccccc2c1=O. The van der Waals surface area contributed by atoms with Crippen molar-refractivity contribution in [2.45, 2.75) is 19.4 Å². The lowest BCUT2D eigenvalue weighted by Crippen LogP contribution is -2.42. The summed E-state index contributed by atoms with van der Waals surface area (Å²) < 4.78 is 11.4. The molecule has 0 bridgehead atoms. The molecule has 1 heterocycles. The van der Waals surface area contributed by atoms with Gasteiger partial charge in [0, 0.05) is 6.07 Å². The highest BCUT2D eigenvalue weighted by Crippen LogP contribution is 2.29. The number of nitrogens with one attached hydrogen (secondary N) is 2. The summed E-state index contributed by atoms with van der Waals surface area (Å²) in [5, 5.41) is 3.08. The number of ether oxygens (including phenoxy) is 2. The molecular weight excluding hydrogens is 362 g/mol. The smallest absolute Gasteiger partial charge is 0.329 e. The van der Waals surface area contributed by atoms with Crippen molar-refractivity contribution >= 4 is 22.5 Å². The zero-order chi connectivity index (χ0) is 20.3. The molecule has 3 aromatic rings. The van der Waals surface area contributed by atoms with Crippen LogP contribution < -0.4 is 26.0 Å². The second-order valence-corrected chi connectivity index (χ2v) is 6.13. The van der Waals surface area contributed by atoms with Gasteiger partial charge in [-0.15, -0.1) is 0 Å². The molecule has 1 amide bonds. The molecule has 0 spiro atoms. The molecule has 0 aliphatic heterocycles. The lowest BCUT2D eigenvalue weighted by Gasteiger charge is -2.18. The lowest BCUT2D eigenvalue weighted by atomic mass is 10.1. The first-order valence-electron chi connectivity index (χ1n) is 8.76. The number of nitrogens with zero attached hydrogens (tertiary/aromatic N) is 1. The molecule has 3 rings (SSSR count). The molecule has 0 saturated heterocycles. The van der Waals surface area contributed by atoms with Crippen molar-refractivity contribution in [3.05, 3.63) is 63.3 Å². The lowest BCUT2D eigenvalue weighted by molar-refractivity contribution is -0.119. The van der Waals surface area contributed by atoms with Gasteiger partial charge in [-0.2, -0.15) is 0 Å². The fourth-order valence-corrected chi connectivity index (χ4v) is 3.06. The normalized spacial score (nSPS) is 11.8. The van der Waals surface area contributed by atoms with Gasteiger partial charge in [0.25, 0.3) is 5.56 Å². The Morgan fingerprint density at radius 2 is 1.89 bits per heavy atom. The van der Waals surface area contributed by atoms with E-state index >= 15 is 0 Å². The van der Waals surface area contributed by atoms with Crippen molar-refractivity contribution in [2.24, 2.45) is 0 Å². The fourth-order valence-electron chi connectivity index (χ4n) is 3.06. The summed E-state index contributed by atoms with van der Waals surface area (Å²) >= 11 is 0. The Bertz CT molecular complexity index is 1130. The number of rotatable bonds is 6. The van der Waals surface area contributed by atoms with E-state index in [-0.39, 0.29) is 6.42 Å². The number of amides is 1. The number of H-pyrrole nitrogens is 1. The third kappa shape index (κ3) is 3.48. The van der Waals surface area contributed by atoms with Crippen LogP contribution in [0.1, 0.15) is 19.4 Å². The van der Waals surface area contributed by atoms with E-state index in [9.17, 15) is 14.4 Å². The summed E-state index contributed by atoms with van der Waals surface area (Å²) in [7, 11) is 3.00. The summed E-state index contributed by atoms with van der Waals surface area (Å²) in [6, 6.07) is 10.6. The minimum absolute atomic E-state index is 0.256. The third-order valence-corrected chi connectivity index (χ3v) is 4.50. The number of fused-ring (bicyclic) bond motifs is 1. The van der Waals surface area contributed by atoms with Crippen LogP contribution in [-0.4, -0.2) is 29.7 Å². The van der Waals surface area contributed by atoms with Crippen LogP contribution in [-0.2, 0) is 4.79 Å². The van der Waals surface area contributed by atoms with Crippen molar-refractivity contribution in [3.8, 4) is 11.5 Å². The third-order valence-electron chi connectivity index (χ3n) is 4.50. The second kappa shape index (κ2) is 7.99. The molecule has 0 aliphatic carbocycles. The molecule has 2 N–H and O–H groups in total. The highest BCUT2D eigenvalue weighted by molar-refractivity contribution is 5.95. The average Bonchev–Trinajstić information content (AvgIpc) is 2.71. The minimum Gasteiger partial charge on any atom is -0.497 e. The van der Waals surface area contributed by atoms with E-state index in [1.54, 1.807) is 49.4 Å². The molecular formula is C20H21N3O5. The van der Waals surface area contributed by atoms with Gasteiger partial charge >= 0.3 is 5.69 Å². The Morgan fingerprint density at radius 3 is 2.57 bits per heavy atom. The zero-order valence-electron chi connectivity index (χ0n) is 15.8. The van der Waals surface area contributed by atoms with Gasteiger partial charge < -0.3 is 19.8 Å². The van der Waals surface area contributed by atoms with Crippen LogP contribution in [0.15, 0.2) is 52.1 Å². The number of aromatic amines is 1. The first kappa shape index (κ1) is 19.2. The van der Waals surface area contributed by atoms with Crippen molar-refractivity contribution < 1.29 is 14.3 Å². The number of anilines is 1. The van der Waals surface area contributed by atoms with Gasteiger partial charge in [0.2, 0.25) is 5.91 Å². The number of benzene rings is 2. The van der Waals surface area contributed by atoms with Crippen LogP contribution in [0.3, 0.4) is 0 Å². The van der Waals surface area contributed by atoms with Gasteiger partial charge in [-0.1, -0.05) is 19.1 Å². The number of para-hydroxylation sites is 1. The van der Waals surface area contributed by atoms with Gasteiger partial charge in [0.15, 0.2) is 0 Å². The molecule has 8 heteroatoms. The maximum Gasteiger partial charge on any atom is 0.329 e. The molecule has 0 radical (unpaired) electrons. The second-order valence-electron chi connectivity index (χ2n) is 6.13. The number of carbonyl (C=O) groups excluding carboxylic acids is 1. The van der Waals surface area contributed by atoms with E-state index in [2.05, 4.69) is 10.3 Å². The van der Waals surface area contributed by atoms with Crippen LogP contribution in [0, 0.1) is 0 Å². The van der Waals surface area contributed by atoms with Gasteiger partial charge in [-0.3, -0.25) is 9.59 Å². The number of hydrogen-bond acceptors (Lipinski definition) is 5. The summed E-state index contributed by atoms with van der Waals surface area (Å²) in [4.78, 5) is 40.9. The van der Waals surface area contributed by atoms with E-state index in [0.717, 1.165) is 4.57 Å². The molecule has 28 heavy (non-hydrogen) atoms. The van der Waals surface area contributed by atoms with E-state index < -0.39 is 23.2 Å². The Morgan fingerprint density at radius 1 is 1.14 bits per heavy atom. The zero-order valence-corrected chi connectivity index (χ0v) is 15.8. The predicted molar refractivity (Wildman–Crippen MR) is 106 cm³/mol. The first-order valence-corrected chi connectivity index (χ1v) is 8.76. The summed E-state index contributed by atoms with van der Waals surface area (Å²) in [6.45, 7) is 1.73. The minimum atomic E-state index is -0.979. The Hall–Kier alpha value is -3.55. The molecule has 2 aromatic carbocycles. The Balaban J connectivity index is 2.01. The van der Waals surface area contributed by atoms with Gasteiger partial charge in [0.05, 0.1) is 30.8 Å². The van der Waals surface area contributed by atoms with Crippen molar-refractivity contribution in [3.63, 3.8) is 0 Å². The van der Waals surface area contributed by atoms with Crippen molar-refractivity contribution in [1.29, 1.82) is 0 Å². The van der Waals surface area contributed by atoms with E-state index in [1.165, 1.54) is 14.2 Å². The molecule has 1 aromatic heterocycles. The molecule has 0 fully saturated rings. The first-order chi connectivity index (χ1) is 13.5. The number of methoxy groups -OCH3 is 2. The predicted octanol–water partition coefficient (Wildman–Crippen LogP) is 2.30. The number of hydrogen-bond donors (Lipinski definition) is 2. The van der Waals surface area contributed by atoms with Gasteiger partial charge in [0.1, 0.15) is 17.5 Å². The summed E-state index contributed by atoms with van der Waals surface area (Å²) in [5.74, 6) is 0.486. The van der Waals surface area contributed by atoms with Crippen molar-refractivity contribution in [2.75, 3.05) is 19.5 Å². The standard InChI is InChI=1S/C20H21N3O5/c1-4-16(18(24)21-15-10-9-12(27-2)11-17(15)28-3)23-19(25)13-7-5-6-8-14(13)22-20(23)26/h5-11,16H,4H2,1-3H3,(H,21,24)(H,22,26). The molecule has 146 valence electrons. The van der Waals surface area contributed by atoms with Crippen LogP contribution in [0.25, 0.3) is 10.9 Å². The van der Waals surface area contributed by atoms with Crippen LogP contribution in [0.5, 0.6) is 11.5 Å². The van der Waals surface area contributed by atoms with Gasteiger partial charge in [-0.25, -0.2) is 9.36 Å². The maximum absolute atomic E-state index is 12.9. The largest absolute Gasteiger partial charge is 0.497 e. The van der Waals surface area contributed by atoms with Crippen LogP contribution in [0.4, 0.5) is 5.69 Å². The number of carbonyl (C=O) groups is 1. The maximum atomic E-state index is 12.9. The molecule has 0 aliphatic rings. The molecule has 0 saturated carbocycles. The summed E-state index contributed by atoms with van der Waals surface area (Å²) in [6.07, 6.45) is 0.256. The van der Waals surface area contributed by atoms with Gasteiger partial charge in [-0.05, 0) is 30.7 Å². The summed E-state index contributed by atoms with van der Waals surface area (Å²) in [5.41, 5.74) is -0.298. The van der Waals surface area contributed by atoms with Crippen LogP contribution in [0.2, 0.25) is 0 Å². The molecule has 1 atom stereocenters. The topological polar surface area (TPSA) is 102 Å². The molecule has 8 nitrogen and oxygen atoms in total. The van der Waals surface area contributed by atoms with Crippen molar-refractivity contribution in [1.82, 2.24) is 9.55 Å². The average molecular weight is 383 g/mol. The quantitative estimate of drug-likeness (QED) is 0.680. The van der Waals surface area contributed by atoms with E-state index in [4.69, 9.17) is 9.47 Å². The Labute approximate surface area is 160 Å². The highest BCUT2D eigenvalue weighted by atomic mass is 16.5. The highest BCUT2D eigenvalue weighted by Gasteiger charge is 2.24. The number of aromatic nitrogens is 2.